The van der Waals surface area contributed by atoms with Crippen molar-refractivity contribution < 1.29 is 18.3 Å². The fourth-order valence-electron chi connectivity index (χ4n) is 2.07. The molecule has 1 atom stereocenters. The summed E-state index contributed by atoms with van der Waals surface area (Å²) in [6, 6.07) is 4.27. The van der Waals surface area contributed by atoms with Gasteiger partial charge in [-0.15, -0.1) is 0 Å². The molecule has 2 N–H and O–H groups in total. The molecule has 1 aromatic carbocycles. The Morgan fingerprint density at radius 1 is 1.48 bits per heavy atom. The molecule has 0 aliphatic carbocycles. The topological polar surface area (TPSA) is 83.5 Å². The van der Waals surface area contributed by atoms with Crippen molar-refractivity contribution in [2.24, 2.45) is 0 Å². The van der Waals surface area contributed by atoms with Crippen LogP contribution in [0.1, 0.15) is 22.3 Å². The number of aliphatic hydroxyl groups excluding tert-OH is 1. The summed E-state index contributed by atoms with van der Waals surface area (Å²) in [6.07, 6.45) is 0.432. The Labute approximate surface area is 128 Å². The van der Waals surface area contributed by atoms with Crippen LogP contribution in [0.25, 0.3) is 0 Å². The monoisotopic (exact) mass is 327 g/mol. The average molecular weight is 328 g/mol. The van der Waals surface area contributed by atoms with Crippen LogP contribution in [0.4, 0.5) is 0 Å². The normalized spacial score (nSPS) is 19.6. The molecular formula is C14H14ClNO4S. The lowest BCUT2D eigenvalue weighted by Gasteiger charge is -2.11. The first-order valence-electron chi connectivity index (χ1n) is 6.32. The van der Waals surface area contributed by atoms with Gasteiger partial charge >= 0.3 is 0 Å². The van der Waals surface area contributed by atoms with Crippen LogP contribution in [0.5, 0.6) is 0 Å². The number of benzene rings is 1. The van der Waals surface area contributed by atoms with Crippen LogP contribution < -0.4 is 5.32 Å². The lowest BCUT2D eigenvalue weighted by molar-refractivity contribution is 0.0941. The molecule has 1 unspecified atom stereocenters. The van der Waals surface area contributed by atoms with Crippen LogP contribution in [0.3, 0.4) is 0 Å². The van der Waals surface area contributed by atoms with Gasteiger partial charge in [0.05, 0.1) is 16.5 Å². The third kappa shape index (κ3) is 4.21. The smallest absolute Gasteiger partial charge is 0.251 e. The van der Waals surface area contributed by atoms with Crippen LogP contribution in [-0.4, -0.2) is 43.6 Å². The quantitative estimate of drug-likeness (QED) is 0.779. The van der Waals surface area contributed by atoms with Gasteiger partial charge in [0, 0.05) is 17.2 Å². The minimum Gasteiger partial charge on any atom is -0.384 e. The van der Waals surface area contributed by atoms with Crippen molar-refractivity contribution in [1.29, 1.82) is 0 Å². The highest BCUT2D eigenvalue weighted by atomic mass is 35.5. The summed E-state index contributed by atoms with van der Waals surface area (Å²) in [5.41, 5.74) is 0.865. The van der Waals surface area contributed by atoms with Gasteiger partial charge in [0.2, 0.25) is 0 Å². The second-order valence-corrected chi connectivity index (χ2v) is 7.36. The van der Waals surface area contributed by atoms with Crippen LogP contribution in [-0.2, 0) is 9.84 Å². The Morgan fingerprint density at radius 3 is 2.81 bits per heavy atom. The van der Waals surface area contributed by atoms with Crippen LogP contribution >= 0.6 is 11.6 Å². The number of aliphatic hydroxyl groups is 1. The molecule has 1 aromatic rings. The first-order chi connectivity index (χ1) is 9.91. The van der Waals surface area contributed by atoms with E-state index in [2.05, 4.69) is 17.2 Å². The van der Waals surface area contributed by atoms with Crippen LogP contribution in [0.2, 0.25) is 5.02 Å². The highest BCUT2D eigenvalue weighted by molar-refractivity contribution is 7.91. The summed E-state index contributed by atoms with van der Waals surface area (Å²) in [4.78, 5) is 12.0. The summed E-state index contributed by atoms with van der Waals surface area (Å²) in [5.74, 6) is 4.87. The van der Waals surface area contributed by atoms with Gasteiger partial charge < -0.3 is 10.4 Å². The summed E-state index contributed by atoms with van der Waals surface area (Å²) in [6.45, 7) is -0.269. The minimum atomic E-state index is -3.03. The molecule has 1 amide bonds. The molecule has 0 aromatic heterocycles. The number of hydrogen-bond acceptors (Lipinski definition) is 4. The van der Waals surface area contributed by atoms with E-state index in [1.165, 1.54) is 6.07 Å². The Kier molecular flexibility index (Phi) is 4.88. The molecule has 1 fully saturated rings. The summed E-state index contributed by atoms with van der Waals surface area (Å²) in [7, 11) is -3.03. The zero-order valence-electron chi connectivity index (χ0n) is 11.1. The molecule has 21 heavy (non-hydrogen) atoms. The van der Waals surface area contributed by atoms with Gasteiger partial charge in [0.25, 0.3) is 5.91 Å². The molecule has 2 rings (SSSR count). The van der Waals surface area contributed by atoms with Crippen LogP contribution in [0.15, 0.2) is 18.2 Å². The van der Waals surface area contributed by atoms with Crippen molar-refractivity contribution in [2.45, 2.75) is 12.5 Å². The highest BCUT2D eigenvalue weighted by Crippen LogP contribution is 2.18. The van der Waals surface area contributed by atoms with Crippen LogP contribution in [0, 0.1) is 11.8 Å². The van der Waals surface area contributed by atoms with Crippen molar-refractivity contribution in [3.8, 4) is 11.8 Å². The molecule has 5 nitrogen and oxygen atoms in total. The fourth-order valence-corrected chi connectivity index (χ4v) is 3.97. The van der Waals surface area contributed by atoms with E-state index in [1.807, 2.05) is 0 Å². The van der Waals surface area contributed by atoms with Gasteiger partial charge in [-0.25, -0.2) is 8.42 Å². The molecule has 0 radical (unpaired) electrons. The van der Waals surface area contributed by atoms with E-state index < -0.39 is 9.84 Å². The second-order valence-electron chi connectivity index (χ2n) is 4.73. The second kappa shape index (κ2) is 6.48. The number of amides is 1. The number of carbonyl (C=O) groups excluding carboxylic acids is 1. The van der Waals surface area contributed by atoms with E-state index in [4.69, 9.17) is 16.7 Å². The number of carbonyl (C=O) groups is 1. The van der Waals surface area contributed by atoms with Crippen molar-refractivity contribution in [1.82, 2.24) is 5.32 Å². The van der Waals surface area contributed by atoms with Gasteiger partial charge in [-0.05, 0) is 24.6 Å². The van der Waals surface area contributed by atoms with Gasteiger partial charge in [-0.3, -0.25) is 4.79 Å². The molecule has 112 valence electrons. The van der Waals surface area contributed by atoms with Gasteiger partial charge in [0.15, 0.2) is 9.84 Å². The third-order valence-corrected chi connectivity index (χ3v) is 5.18. The Bertz CT molecular complexity index is 718. The minimum absolute atomic E-state index is 0.0213. The lowest BCUT2D eigenvalue weighted by atomic mass is 10.1. The summed E-state index contributed by atoms with van der Waals surface area (Å²) in [5, 5.41) is 11.6. The van der Waals surface area contributed by atoms with E-state index >= 15 is 0 Å². The number of rotatable bonds is 2. The van der Waals surface area contributed by atoms with Crippen molar-refractivity contribution >= 4 is 27.3 Å². The summed E-state index contributed by atoms with van der Waals surface area (Å²) < 4.78 is 22.7. The van der Waals surface area contributed by atoms with E-state index in [0.717, 1.165) is 0 Å². The Balaban J connectivity index is 2.08. The number of halogens is 1. The molecule has 1 aliphatic rings. The van der Waals surface area contributed by atoms with E-state index in [1.54, 1.807) is 12.1 Å². The SMILES string of the molecule is O=C(NC1CCS(=O)(=O)C1)c1ccc(C#CCO)c(Cl)c1. The molecule has 0 spiro atoms. The molecule has 0 bridgehead atoms. The maximum Gasteiger partial charge on any atom is 0.251 e. The predicted molar refractivity (Wildman–Crippen MR) is 79.9 cm³/mol. The maximum absolute atomic E-state index is 12.0. The molecule has 0 saturated carbocycles. The first-order valence-corrected chi connectivity index (χ1v) is 8.52. The largest absolute Gasteiger partial charge is 0.384 e. The van der Waals surface area contributed by atoms with E-state index in [9.17, 15) is 13.2 Å². The Morgan fingerprint density at radius 2 is 2.24 bits per heavy atom. The van der Waals surface area contributed by atoms with Gasteiger partial charge in [-0.2, -0.15) is 0 Å². The number of sulfone groups is 1. The van der Waals surface area contributed by atoms with Gasteiger partial charge in [-0.1, -0.05) is 23.4 Å². The van der Waals surface area contributed by atoms with Crippen molar-refractivity contribution in [3.05, 3.63) is 34.3 Å². The zero-order valence-corrected chi connectivity index (χ0v) is 12.7. The van der Waals surface area contributed by atoms with E-state index in [-0.39, 0.29) is 30.1 Å². The first kappa shape index (κ1) is 15.8. The van der Waals surface area contributed by atoms with Crippen molar-refractivity contribution in [3.63, 3.8) is 0 Å². The third-order valence-electron chi connectivity index (χ3n) is 3.10. The highest BCUT2D eigenvalue weighted by Gasteiger charge is 2.29. The Hall–Kier alpha value is -1.55. The standard InChI is InChI=1S/C14H14ClNO4S/c15-13-8-11(4-3-10(13)2-1-6-17)14(18)16-12-5-7-21(19,20)9-12/h3-4,8,12,17H,5-7,9H2,(H,16,18). The molecule has 1 saturated heterocycles. The lowest BCUT2D eigenvalue weighted by Crippen LogP contribution is -2.35. The molecular weight excluding hydrogens is 314 g/mol. The maximum atomic E-state index is 12.0. The average Bonchev–Trinajstić information content (AvgIpc) is 2.76. The summed E-state index contributed by atoms with van der Waals surface area (Å²) >= 11 is 6.01. The van der Waals surface area contributed by atoms with Crippen molar-refractivity contribution in [2.75, 3.05) is 18.1 Å². The zero-order chi connectivity index (χ0) is 15.5. The number of nitrogens with one attached hydrogen (secondary N) is 1. The molecule has 1 heterocycles. The number of hydrogen-bond donors (Lipinski definition) is 2. The molecule has 1 aliphatic heterocycles. The predicted octanol–water partition coefficient (Wildman–Crippen LogP) is 0.601. The van der Waals surface area contributed by atoms with E-state index in [0.29, 0.717) is 22.6 Å². The fraction of sp³-hybridized carbons (Fsp3) is 0.357. The molecule has 7 heteroatoms. The van der Waals surface area contributed by atoms with Gasteiger partial charge in [0.1, 0.15) is 6.61 Å².